The van der Waals surface area contributed by atoms with Crippen molar-refractivity contribution in [3.8, 4) is 0 Å². The summed E-state index contributed by atoms with van der Waals surface area (Å²) in [7, 11) is 0. The van der Waals surface area contributed by atoms with Crippen LogP contribution in [0.2, 0.25) is 0 Å². The Morgan fingerprint density at radius 2 is 2.20 bits per heavy atom. The number of fused-ring (bicyclic) bond motifs is 1. The summed E-state index contributed by atoms with van der Waals surface area (Å²) in [6.45, 7) is 3.47. The maximum atomic E-state index is 12.5. The van der Waals surface area contributed by atoms with Gasteiger partial charge >= 0.3 is 5.97 Å². The van der Waals surface area contributed by atoms with Gasteiger partial charge in [-0.3, -0.25) is 9.59 Å². The lowest BCUT2D eigenvalue weighted by Gasteiger charge is -2.27. The van der Waals surface area contributed by atoms with Crippen LogP contribution in [0.5, 0.6) is 0 Å². The predicted octanol–water partition coefficient (Wildman–Crippen LogP) is 1.66. The van der Waals surface area contributed by atoms with Crippen LogP contribution in [0, 0.1) is 0 Å². The molecule has 2 heterocycles. The molecule has 0 aromatic carbocycles. The Labute approximate surface area is 116 Å². The Bertz CT molecular complexity index is 635. The SMILES string of the molecule is CCC(C)N(CC(=O)O)C(=O)c1ccc2nccn2c1. The van der Waals surface area contributed by atoms with Gasteiger partial charge in [0.05, 0.1) is 5.56 Å². The summed E-state index contributed by atoms with van der Waals surface area (Å²) in [5.74, 6) is -1.29. The number of imidazole rings is 1. The number of carbonyl (C=O) groups is 2. The molecule has 0 spiro atoms. The molecule has 0 bridgehead atoms. The minimum absolute atomic E-state index is 0.128. The van der Waals surface area contributed by atoms with Crippen LogP contribution in [0.15, 0.2) is 30.7 Å². The molecule has 6 heteroatoms. The monoisotopic (exact) mass is 275 g/mol. The Balaban J connectivity index is 2.31. The van der Waals surface area contributed by atoms with E-state index in [2.05, 4.69) is 4.98 Å². The summed E-state index contributed by atoms with van der Waals surface area (Å²) in [6.07, 6.45) is 5.76. The molecule has 2 rings (SSSR count). The number of amides is 1. The van der Waals surface area contributed by atoms with E-state index in [4.69, 9.17) is 5.11 Å². The number of hydrogen-bond donors (Lipinski definition) is 1. The number of aliphatic carboxylic acids is 1. The first-order chi connectivity index (χ1) is 9.52. The van der Waals surface area contributed by atoms with Gasteiger partial charge in [0.15, 0.2) is 0 Å². The zero-order valence-electron chi connectivity index (χ0n) is 11.5. The highest BCUT2D eigenvalue weighted by molar-refractivity contribution is 5.96. The van der Waals surface area contributed by atoms with E-state index in [1.165, 1.54) is 4.90 Å². The van der Waals surface area contributed by atoms with Crippen LogP contribution >= 0.6 is 0 Å². The summed E-state index contributed by atoms with van der Waals surface area (Å²) < 4.78 is 1.74. The molecule has 0 aliphatic heterocycles. The van der Waals surface area contributed by atoms with E-state index in [1.807, 2.05) is 13.8 Å². The molecule has 1 atom stereocenters. The van der Waals surface area contributed by atoms with E-state index >= 15 is 0 Å². The molecule has 0 aliphatic carbocycles. The van der Waals surface area contributed by atoms with Gasteiger partial charge in [-0.1, -0.05) is 6.92 Å². The molecule has 0 saturated carbocycles. The molecule has 20 heavy (non-hydrogen) atoms. The van der Waals surface area contributed by atoms with Crippen LogP contribution in [0.3, 0.4) is 0 Å². The van der Waals surface area contributed by atoms with Crippen molar-refractivity contribution in [3.05, 3.63) is 36.3 Å². The molecule has 2 aromatic heterocycles. The summed E-state index contributed by atoms with van der Waals surface area (Å²) >= 11 is 0. The summed E-state index contributed by atoms with van der Waals surface area (Å²) in [5.41, 5.74) is 1.20. The molecule has 1 N–H and O–H groups in total. The van der Waals surface area contributed by atoms with Crippen molar-refractivity contribution >= 4 is 17.5 Å². The van der Waals surface area contributed by atoms with Crippen LogP contribution in [-0.4, -0.2) is 43.9 Å². The number of aromatic nitrogens is 2. The third-order valence-corrected chi connectivity index (χ3v) is 3.33. The van der Waals surface area contributed by atoms with Crippen molar-refractivity contribution in [3.63, 3.8) is 0 Å². The first kappa shape index (κ1) is 14.0. The molecular weight excluding hydrogens is 258 g/mol. The van der Waals surface area contributed by atoms with E-state index in [1.54, 1.807) is 35.1 Å². The Hall–Kier alpha value is -2.37. The topological polar surface area (TPSA) is 74.9 Å². The quantitative estimate of drug-likeness (QED) is 0.900. The highest BCUT2D eigenvalue weighted by Crippen LogP contribution is 2.12. The number of carboxylic acid groups (broad SMARTS) is 1. The molecule has 0 fully saturated rings. The van der Waals surface area contributed by atoms with E-state index in [0.717, 1.165) is 5.65 Å². The molecule has 0 radical (unpaired) electrons. The summed E-state index contributed by atoms with van der Waals surface area (Å²) in [4.78, 5) is 28.9. The van der Waals surface area contributed by atoms with Gasteiger partial charge in [-0.2, -0.15) is 0 Å². The van der Waals surface area contributed by atoms with E-state index < -0.39 is 5.97 Å². The van der Waals surface area contributed by atoms with Crippen LogP contribution < -0.4 is 0 Å². The Kier molecular flexibility index (Phi) is 4.02. The summed E-state index contributed by atoms with van der Waals surface area (Å²) in [6, 6.07) is 3.28. The van der Waals surface area contributed by atoms with Crippen LogP contribution in [-0.2, 0) is 4.79 Å². The second kappa shape index (κ2) is 5.73. The van der Waals surface area contributed by atoms with Crippen molar-refractivity contribution in [1.82, 2.24) is 14.3 Å². The minimum atomic E-state index is -1.01. The maximum absolute atomic E-state index is 12.5. The Morgan fingerprint density at radius 3 is 2.85 bits per heavy atom. The van der Waals surface area contributed by atoms with Crippen molar-refractivity contribution in [2.45, 2.75) is 26.3 Å². The van der Waals surface area contributed by atoms with Gasteiger partial charge < -0.3 is 14.4 Å². The molecular formula is C14H17N3O3. The third kappa shape index (κ3) is 2.79. The first-order valence-electron chi connectivity index (χ1n) is 6.48. The number of hydrogen-bond acceptors (Lipinski definition) is 3. The zero-order valence-corrected chi connectivity index (χ0v) is 11.5. The minimum Gasteiger partial charge on any atom is -0.480 e. The van der Waals surface area contributed by atoms with E-state index in [0.29, 0.717) is 12.0 Å². The van der Waals surface area contributed by atoms with E-state index in [-0.39, 0.29) is 18.5 Å². The average Bonchev–Trinajstić information content (AvgIpc) is 2.90. The number of carboxylic acids is 1. The number of rotatable bonds is 5. The zero-order chi connectivity index (χ0) is 14.7. The van der Waals surface area contributed by atoms with Crippen LogP contribution in [0.25, 0.3) is 5.65 Å². The van der Waals surface area contributed by atoms with Crippen molar-refractivity contribution in [1.29, 1.82) is 0 Å². The molecule has 0 aliphatic rings. The lowest BCUT2D eigenvalue weighted by molar-refractivity contribution is -0.138. The summed E-state index contributed by atoms with van der Waals surface area (Å²) in [5, 5.41) is 8.95. The average molecular weight is 275 g/mol. The fraction of sp³-hybridized carbons (Fsp3) is 0.357. The van der Waals surface area contributed by atoms with Gasteiger partial charge in [0.2, 0.25) is 0 Å². The standard InChI is InChI=1S/C14H17N3O3/c1-3-10(2)17(9-13(18)19)14(20)11-4-5-12-15-6-7-16(12)8-11/h4-8,10H,3,9H2,1-2H3,(H,18,19). The second-order valence-corrected chi connectivity index (χ2v) is 4.69. The second-order valence-electron chi connectivity index (χ2n) is 4.69. The van der Waals surface area contributed by atoms with Crippen molar-refractivity contribution < 1.29 is 14.7 Å². The third-order valence-electron chi connectivity index (χ3n) is 3.33. The molecule has 106 valence electrons. The molecule has 1 unspecified atom stereocenters. The van der Waals surface area contributed by atoms with Gasteiger partial charge in [0.1, 0.15) is 12.2 Å². The van der Waals surface area contributed by atoms with Gasteiger partial charge in [0, 0.05) is 24.6 Å². The molecule has 2 aromatic rings. The van der Waals surface area contributed by atoms with E-state index in [9.17, 15) is 9.59 Å². The van der Waals surface area contributed by atoms with Gasteiger partial charge in [-0.25, -0.2) is 4.98 Å². The smallest absolute Gasteiger partial charge is 0.323 e. The van der Waals surface area contributed by atoms with Gasteiger partial charge in [-0.15, -0.1) is 0 Å². The number of carbonyl (C=O) groups excluding carboxylic acids is 1. The fourth-order valence-electron chi connectivity index (χ4n) is 2.01. The predicted molar refractivity (Wildman–Crippen MR) is 73.6 cm³/mol. The highest BCUT2D eigenvalue weighted by Gasteiger charge is 2.23. The largest absolute Gasteiger partial charge is 0.480 e. The van der Waals surface area contributed by atoms with Crippen molar-refractivity contribution in [2.75, 3.05) is 6.54 Å². The van der Waals surface area contributed by atoms with Crippen molar-refractivity contribution in [2.24, 2.45) is 0 Å². The lowest BCUT2D eigenvalue weighted by Crippen LogP contribution is -2.41. The normalized spacial score (nSPS) is 12.3. The van der Waals surface area contributed by atoms with Crippen LogP contribution in [0.4, 0.5) is 0 Å². The maximum Gasteiger partial charge on any atom is 0.323 e. The van der Waals surface area contributed by atoms with Crippen LogP contribution in [0.1, 0.15) is 30.6 Å². The van der Waals surface area contributed by atoms with Gasteiger partial charge in [-0.05, 0) is 25.5 Å². The molecule has 6 nitrogen and oxygen atoms in total. The first-order valence-corrected chi connectivity index (χ1v) is 6.48. The molecule has 0 saturated heterocycles. The number of nitrogens with zero attached hydrogens (tertiary/aromatic N) is 3. The lowest BCUT2D eigenvalue weighted by atomic mass is 10.1. The fourth-order valence-corrected chi connectivity index (χ4v) is 2.01. The highest BCUT2D eigenvalue weighted by atomic mass is 16.4. The van der Waals surface area contributed by atoms with Gasteiger partial charge in [0.25, 0.3) is 5.91 Å². The number of pyridine rings is 1. The Morgan fingerprint density at radius 1 is 1.45 bits per heavy atom. The molecule has 1 amide bonds.